The number of rotatable bonds is 6. The van der Waals surface area contributed by atoms with E-state index in [1.165, 1.54) is 0 Å². The number of fused-ring (bicyclic) bond motifs is 1. The van der Waals surface area contributed by atoms with Crippen LogP contribution in [0.1, 0.15) is 12.0 Å². The van der Waals surface area contributed by atoms with Gasteiger partial charge in [0.15, 0.2) is 5.54 Å². The summed E-state index contributed by atoms with van der Waals surface area (Å²) in [6.45, 7) is 4.20. The summed E-state index contributed by atoms with van der Waals surface area (Å²) >= 11 is 0. The van der Waals surface area contributed by atoms with Crippen LogP contribution in [0, 0.1) is 6.92 Å². The highest BCUT2D eigenvalue weighted by atomic mass is 19.4. The average Bonchev–Trinajstić information content (AvgIpc) is 3.66. The molecule has 0 bridgehead atoms. The van der Waals surface area contributed by atoms with Crippen molar-refractivity contribution in [2.45, 2.75) is 31.2 Å². The molecule has 2 aliphatic heterocycles. The number of alkyl halides is 3. The largest absolute Gasteiger partial charge is 0.475 e. The zero-order valence-electron chi connectivity index (χ0n) is 20.4. The van der Waals surface area contributed by atoms with Gasteiger partial charge < -0.3 is 34.4 Å². The average molecular weight is 523 g/mol. The molecule has 0 spiro atoms. The summed E-state index contributed by atoms with van der Waals surface area (Å²) in [6.07, 6.45) is -5.85. The molecule has 1 aliphatic carbocycles. The molecule has 2 saturated heterocycles. The fraction of sp³-hybridized carbons (Fsp3) is 0.520. The second-order valence-corrected chi connectivity index (χ2v) is 9.32. The van der Waals surface area contributed by atoms with E-state index >= 15 is 0 Å². The van der Waals surface area contributed by atoms with Crippen LogP contribution in [0.2, 0.25) is 0 Å². The minimum absolute atomic E-state index is 0.0625. The Kier molecular flexibility index (Phi) is 6.90. The lowest BCUT2D eigenvalue weighted by Gasteiger charge is -2.37. The Morgan fingerprint density at radius 3 is 2.73 bits per heavy atom. The Morgan fingerprint density at radius 1 is 1.22 bits per heavy atom. The topological polar surface area (TPSA) is 96.4 Å². The Labute approximate surface area is 212 Å². The van der Waals surface area contributed by atoms with Crippen molar-refractivity contribution in [1.29, 1.82) is 0 Å². The third kappa shape index (κ3) is 4.92. The van der Waals surface area contributed by atoms with E-state index in [0.717, 1.165) is 21.6 Å². The van der Waals surface area contributed by atoms with E-state index in [-0.39, 0.29) is 32.8 Å². The van der Waals surface area contributed by atoms with E-state index < -0.39 is 23.9 Å². The fourth-order valence-corrected chi connectivity index (χ4v) is 4.95. The molecule has 200 valence electrons. The Hall–Kier alpha value is -3.09. The van der Waals surface area contributed by atoms with Gasteiger partial charge in [0.1, 0.15) is 12.4 Å². The van der Waals surface area contributed by atoms with Crippen LogP contribution in [0.25, 0.3) is 11.1 Å². The van der Waals surface area contributed by atoms with Crippen molar-refractivity contribution in [1.82, 2.24) is 9.88 Å². The Balaban J connectivity index is 1.43. The number of carbonyl (C=O) groups excluding carboxylic acids is 1. The van der Waals surface area contributed by atoms with Crippen LogP contribution < -0.4 is 15.0 Å². The van der Waals surface area contributed by atoms with Crippen LogP contribution >= 0.6 is 0 Å². The number of aryl methyl sites for hydroxylation is 1. The molecule has 3 fully saturated rings. The van der Waals surface area contributed by atoms with Crippen LogP contribution in [-0.2, 0) is 9.47 Å². The van der Waals surface area contributed by atoms with Crippen molar-refractivity contribution in [3.8, 4) is 17.0 Å². The number of nitrogens with zero attached hydrogens (tertiary/aromatic N) is 3. The van der Waals surface area contributed by atoms with E-state index in [1.807, 2.05) is 13.0 Å². The number of carbonyl (C=O) groups is 1. The molecular weight excluding hydrogens is 493 g/mol. The molecule has 2 aromatic rings. The van der Waals surface area contributed by atoms with Gasteiger partial charge in [0.25, 0.3) is 0 Å². The summed E-state index contributed by atoms with van der Waals surface area (Å²) in [5.41, 5.74) is 0.526. The Morgan fingerprint density at radius 2 is 2.00 bits per heavy atom. The maximum absolute atomic E-state index is 13.8. The van der Waals surface area contributed by atoms with Crippen molar-refractivity contribution >= 4 is 17.5 Å². The molecule has 1 saturated carbocycles. The number of morpholine rings is 2. The molecule has 3 heterocycles. The molecule has 5 rings (SSSR count). The summed E-state index contributed by atoms with van der Waals surface area (Å²) in [5, 5.41) is 11.8. The number of pyridine rings is 1. The number of aromatic nitrogens is 1. The number of hydrogen-bond donors (Lipinski definition) is 2. The molecule has 9 nitrogen and oxygen atoms in total. The molecule has 3 aliphatic rings. The molecule has 2 N–H and O–H groups in total. The molecule has 1 aromatic carbocycles. The van der Waals surface area contributed by atoms with Gasteiger partial charge in [-0.3, -0.25) is 0 Å². The molecule has 1 aromatic heterocycles. The minimum Gasteiger partial charge on any atom is -0.475 e. The highest BCUT2D eigenvalue weighted by molar-refractivity contribution is 5.91. The van der Waals surface area contributed by atoms with Crippen LogP contribution in [0.15, 0.2) is 30.3 Å². The predicted molar refractivity (Wildman–Crippen MR) is 129 cm³/mol. The minimum atomic E-state index is -4.58. The van der Waals surface area contributed by atoms with E-state index in [9.17, 15) is 23.1 Å². The number of urea groups is 1. The summed E-state index contributed by atoms with van der Waals surface area (Å²) < 4.78 is 57.7. The first-order chi connectivity index (χ1) is 17.7. The molecule has 2 amide bonds. The highest BCUT2D eigenvalue weighted by Crippen LogP contribution is 2.57. The van der Waals surface area contributed by atoms with Gasteiger partial charge in [-0.2, -0.15) is 18.2 Å². The van der Waals surface area contributed by atoms with E-state index in [0.29, 0.717) is 43.7 Å². The first kappa shape index (κ1) is 25.6. The lowest BCUT2D eigenvalue weighted by Crippen LogP contribution is -2.58. The van der Waals surface area contributed by atoms with Gasteiger partial charge in [-0.25, -0.2) is 4.79 Å². The summed E-state index contributed by atoms with van der Waals surface area (Å²) in [6, 6.07) is 8.02. The van der Waals surface area contributed by atoms with Gasteiger partial charge in [0, 0.05) is 37.8 Å². The second kappa shape index (κ2) is 9.99. The van der Waals surface area contributed by atoms with Crippen LogP contribution in [0.3, 0.4) is 0 Å². The van der Waals surface area contributed by atoms with E-state index in [2.05, 4.69) is 15.2 Å². The third-order valence-corrected chi connectivity index (χ3v) is 6.99. The summed E-state index contributed by atoms with van der Waals surface area (Å²) in [4.78, 5) is 20.5. The number of aliphatic hydroxyl groups excluding tert-OH is 1. The first-order valence-electron chi connectivity index (χ1n) is 12.2. The number of amides is 2. The number of aliphatic hydroxyl groups is 1. The van der Waals surface area contributed by atoms with Crippen molar-refractivity contribution in [3.05, 3.63) is 35.9 Å². The third-order valence-electron chi connectivity index (χ3n) is 6.99. The molecule has 2 unspecified atom stereocenters. The zero-order valence-corrected chi connectivity index (χ0v) is 20.4. The van der Waals surface area contributed by atoms with Crippen molar-refractivity contribution in [3.63, 3.8) is 0 Å². The van der Waals surface area contributed by atoms with Crippen LogP contribution in [0.5, 0.6) is 5.88 Å². The van der Waals surface area contributed by atoms with Gasteiger partial charge in [-0.1, -0.05) is 6.07 Å². The zero-order chi connectivity index (χ0) is 26.2. The van der Waals surface area contributed by atoms with Gasteiger partial charge >= 0.3 is 12.2 Å². The number of hydrogen-bond acceptors (Lipinski definition) is 7. The second-order valence-electron chi connectivity index (χ2n) is 9.32. The first-order valence-corrected chi connectivity index (χ1v) is 12.2. The van der Waals surface area contributed by atoms with E-state index in [1.54, 1.807) is 24.3 Å². The predicted octanol–water partition coefficient (Wildman–Crippen LogP) is 3.20. The molecule has 37 heavy (non-hydrogen) atoms. The Bertz CT molecular complexity index is 1160. The molecule has 2 atom stereocenters. The fourth-order valence-electron chi connectivity index (χ4n) is 4.95. The molecular formula is C25H29F3N4O5. The normalized spacial score (nSPS) is 23.4. The molecule has 0 radical (unpaired) electrons. The standard InChI is InChI=1S/C25H29F3N4O5/c1-16-2-3-18(29-23(34)32-6-10-36-20-15-24(20,32)25(26,27)28)14-19(16)17-12-21(31-4-8-35-9-5-31)30-22(13-17)37-11-7-33/h2-3,12-14,20,33H,4-11,15H2,1H3,(H,29,34). The number of ether oxygens (including phenoxy) is 3. The van der Waals surface area contributed by atoms with Gasteiger partial charge in [-0.05, 0) is 41.8 Å². The van der Waals surface area contributed by atoms with Crippen LogP contribution in [0.4, 0.5) is 29.5 Å². The maximum atomic E-state index is 13.8. The molecule has 12 heteroatoms. The van der Waals surface area contributed by atoms with Crippen LogP contribution in [-0.4, -0.2) is 91.5 Å². The monoisotopic (exact) mass is 522 g/mol. The smallest absolute Gasteiger partial charge is 0.414 e. The lowest BCUT2D eigenvalue weighted by molar-refractivity contribution is -0.210. The number of nitrogens with one attached hydrogen (secondary N) is 1. The maximum Gasteiger partial charge on any atom is 0.414 e. The van der Waals surface area contributed by atoms with Gasteiger partial charge in [-0.15, -0.1) is 0 Å². The summed E-state index contributed by atoms with van der Waals surface area (Å²) in [5.74, 6) is 1.02. The van der Waals surface area contributed by atoms with Crippen molar-refractivity contribution in [2.75, 3.05) is 62.9 Å². The SMILES string of the molecule is Cc1ccc(NC(=O)N2CCOC3CC32C(F)(F)F)cc1-c1cc(OCCO)nc(N2CCOCC2)c1. The highest BCUT2D eigenvalue weighted by Gasteiger charge is 2.77. The van der Waals surface area contributed by atoms with E-state index in [4.69, 9.17) is 14.2 Å². The lowest BCUT2D eigenvalue weighted by atomic mass is 10.00. The number of halogens is 3. The summed E-state index contributed by atoms with van der Waals surface area (Å²) in [7, 11) is 0. The number of anilines is 2. The van der Waals surface area contributed by atoms with Gasteiger partial charge in [0.2, 0.25) is 5.88 Å². The quantitative estimate of drug-likeness (QED) is 0.602. The van der Waals surface area contributed by atoms with Crippen molar-refractivity contribution < 1.29 is 37.3 Å². The number of benzene rings is 1. The van der Waals surface area contributed by atoms with Crippen molar-refractivity contribution in [2.24, 2.45) is 0 Å². The van der Waals surface area contributed by atoms with Gasteiger partial charge in [0.05, 0.1) is 32.5 Å².